The molecule has 3 N–H and O–H groups in total. The third-order valence-corrected chi connectivity index (χ3v) is 3.53. The number of oxazole rings is 1. The minimum atomic E-state index is -0.613. The number of amides is 1. The number of aromatic nitrogens is 1. The molecule has 1 aliphatic carbocycles. The second-order valence-corrected chi connectivity index (χ2v) is 5.19. The van der Waals surface area contributed by atoms with Gasteiger partial charge < -0.3 is 15.5 Å². The maximum Gasteiger partial charge on any atom is 0.240 e. The zero-order chi connectivity index (χ0) is 13.5. The van der Waals surface area contributed by atoms with Crippen molar-refractivity contribution in [1.29, 1.82) is 0 Å². The first-order valence-electron chi connectivity index (χ1n) is 6.51. The average Bonchev–Trinajstić information content (AvgIpc) is 2.99. The number of aryl methyl sites for hydroxylation is 1. The highest BCUT2D eigenvalue weighted by atomic mass is 16.3. The van der Waals surface area contributed by atoms with Gasteiger partial charge >= 0.3 is 0 Å². The predicted molar refractivity (Wildman–Crippen MR) is 71.6 cm³/mol. The number of hydrogen-bond donors (Lipinski definition) is 2. The van der Waals surface area contributed by atoms with Crippen molar-refractivity contribution < 1.29 is 9.21 Å². The topological polar surface area (TPSA) is 81.2 Å². The van der Waals surface area contributed by atoms with Crippen LogP contribution in [0.15, 0.2) is 22.6 Å². The number of hydrogen-bond acceptors (Lipinski definition) is 4. The molecule has 1 amide bonds. The van der Waals surface area contributed by atoms with Crippen LogP contribution in [0.3, 0.4) is 0 Å². The molecule has 19 heavy (non-hydrogen) atoms. The predicted octanol–water partition coefficient (Wildman–Crippen LogP) is 1.29. The van der Waals surface area contributed by atoms with Gasteiger partial charge in [0.15, 0.2) is 11.5 Å². The molecule has 0 spiro atoms. The van der Waals surface area contributed by atoms with Crippen LogP contribution in [0.2, 0.25) is 0 Å². The van der Waals surface area contributed by atoms with Crippen LogP contribution in [0.1, 0.15) is 24.3 Å². The summed E-state index contributed by atoms with van der Waals surface area (Å²) in [5, 5.41) is 2.83. The zero-order valence-corrected chi connectivity index (χ0v) is 10.9. The summed E-state index contributed by atoms with van der Waals surface area (Å²) in [4.78, 5) is 16.1. The summed E-state index contributed by atoms with van der Waals surface area (Å²) in [6.07, 6.45) is 2.14. The molecule has 0 saturated heterocycles. The Morgan fingerprint density at radius 1 is 1.53 bits per heavy atom. The number of fused-ring (bicyclic) bond motifs is 1. The second-order valence-electron chi connectivity index (χ2n) is 5.19. The zero-order valence-electron chi connectivity index (χ0n) is 10.9. The van der Waals surface area contributed by atoms with Crippen LogP contribution in [0.4, 0.5) is 0 Å². The summed E-state index contributed by atoms with van der Waals surface area (Å²) in [6.45, 7) is 2.51. The lowest BCUT2D eigenvalue weighted by Crippen LogP contribution is -2.43. The molecular formula is C14H17N3O2. The van der Waals surface area contributed by atoms with Crippen molar-refractivity contribution in [3.8, 4) is 0 Å². The van der Waals surface area contributed by atoms with E-state index in [4.69, 9.17) is 10.2 Å². The van der Waals surface area contributed by atoms with Crippen molar-refractivity contribution >= 4 is 17.0 Å². The van der Waals surface area contributed by atoms with E-state index in [0.717, 1.165) is 29.5 Å². The normalized spacial score (nSPS) is 16.5. The van der Waals surface area contributed by atoms with Gasteiger partial charge in [-0.3, -0.25) is 4.79 Å². The van der Waals surface area contributed by atoms with Crippen LogP contribution >= 0.6 is 0 Å². The van der Waals surface area contributed by atoms with Crippen LogP contribution in [-0.4, -0.2) is 23.0 Å². The minimum absolute atomic E-state index is 0.0696. The monoisotopic (exact) mass is 259 g/mol. The summed E-state index contributed by atoms with van der Waals surface area (Å²) in [7, 11) is 0. The Labute approximate surface area is 111 Å². The largest absolute Gasteiger partial charge is 0.441 e. The Balaban J connectivity index is 1.62. The number of nitrogens with zero attached hydrogens (tertiary/aromatic N) is 1. The van der Waals surface area contributed by atoms with E-state index in [9.17, 15) is 4.79 Å². The van der Waals surface area contributed by atoms with Gasteiger partial charge in [-0.25, -0.2) is 4.98 Å². The maximum absolute atomic E-state index is 11.7. The van der Waals surface area contributed by atoms with Crippen molar-refractivity contribution in [1.82, 2.24) is 10.3 Å². The standard InChI is InChI=1S/C14H17N3O2/c1-9-3-2-4-10-12(9)17-11(19-10)5-8-16-13(18)14(15)6-7-14/h2-4H,5-8,15H2,1H3,(H,16,18). The van der Waals surface area contributed by atoms with Crippen LogP contribution < -0.4 is 11.1 Å². The third kappa shape index (κ3) is 2.33. The van der Waals surface area contributed by atoms with E-state index in [0.29, 0.717) is 18.9 Å². The molecular weight excluding hydrogens is 242 g/mol. The van der Waals surface area contributed by atoms with E-state index in [1.807, 2.05) is 25.1 Å². The molecule has 0 bridgehead atoms. The van der Waals surface area contributed by atoms with Gasteiger partial charge in [0.05, 0.1) is 5.54 Å². The minimum Gasteiger partial charge on any atom is -0.441 e. The molecule has 1 aromatic carbocycles. The molecule has 5 heteroatoms. The summed E-state index contributed by atoms with van der Waals surface area (Å²) in [6, 6.07) is 5.85. The molecule has 0 unspecified atom stereocenters. The van der Waals surface area contributed by atoms with E-state index in [1.165, 1.54) is 0 Å². The third-order valence-electron chi connectivity index (χ3n) is 3.53. The quantitative estimate of drug-likeness (QED) is 0.866. The van der Waals surface area contributed by atoms with E-state index < -0.39 is 5.54 Å². The van der Waals surface area contributed by atoms with Gasteiger partial charge in [-0.2, -0.15) is 0 Å². The Kier molecular flexibility index (Phi) is 2.78. The number of benzene rings is 1. The van der Waals surface area contributed by atoms with Gasteiger partial charge in [-0.05, 0) is 31.4 Å². The number of carbonyl (C=O) groups excluding carboxylic acids is 1. The first-order valence-corrected chi connectivity index (χ1v) is 6.51. The lowest BCUT2D eigenvalue weighted by molar-refractivity contribution is -0.123. The fourth-order valence-corrected chi connectivity index (χ4v) is 2.06. The molecule has 1 saturated carbocycles. The van der Waals surface area contributed by atoms with Gasteiger partial charge in [0, 0.05) is 13.0 Å². The van der Waals surface area contributed by atoms with E-state index in [2.05, 4.69) is 10.3 Å². The summed E-state index contributed by atoms with van der Waals surface area (Å²) >= 11 is 0. The summed E-state index contributed by atoms with van der Waals surface area (Å²) in [5.74, 6) is 0.575. The van der Waals surface area contributed by atoms with E-state index >= 15 is 0 Å². The molecule has 5 nitrogen and oxygen atoms in total. The number of carbonyl (C=O) groups is 1. The lowest BCUT2D eigenvalue weighted by atomic mass is 10.2. The molecule has 3 rings (SSSR count). The van der Waals surface area contributed by atoms with Crippen molar-refractivity contribution in [2.24, 2.45) is 5.73 Å². The number of para-hydroxylation sites is 1. The van der Waals surface area contributed by atoms with Gasteiger partial charge in [0.25, 0.3) is 0 Å². The highest BCUT2D eigenvalue weighted by Gasteiger charge is 2.45. The molecule has 1 heterocycles. The molecule has 0 atom stereocenters. The fraction of sp³-hybridized carbons (Fsp3) is 0.429. The molecule has 0 aliphatic heterocycles. The Hall–Kier alpha value is -1.88. The SMILES string of the molecule is Cc1cccc2oc(CCNC(=O)C3(N)CC3)nc12. The first kappa shape index (κ1) is 12.2. The van der Waals surface area contributed by atoms with Crippen molar-refractivity contribution in [3.05, 3.63) is 29.7 Å². The van der Waals surface area contributed by atoms with Gasteiger partial charge in [-0.1, -0.05) is 12.1 Å². The first-order chi connectivity index (χ1) is 9.08. The molecule has 1 aromatic heterocycles. The highest BCUT2D eigenvalue weighted by Crippen LogP contribution is 2.32. The number of rotatable bonds is 4. The van der Waals surface area contributed by atoms with Gasteiger partial charge in [0.1, 0.15) is 5.52 Å². The fourth-order valence-electron chi connectivity index (χ4n) is 2.06. The molecule has 100 valence electrons. The highest BCUT2D eigenvalue weighted by molar-refractivity contribution is 5.88. The Morgan fingerprint density at radius 2 is 2.32 bits per heavy atom. The van der Waals surface area contributed by atoms with Crippen LogP contribution in [0.5, 0.6) is 0 Å². The molecule has 2 aromatic rings. The van der Waals surface area contributed by atoms with E-state index in [1.54, 1.807) is 0 Å². The lowest BCUT2D eigenvalue weighted by Gasteiger charge is -2.08. The van der Waals surface area contributed by atoms with Crippen LogP contribution in [0.25, 0.3) is 11.1 Å². The van der Waals surface area contributed by atoms with Crippen molar-refractivity contribution in [2.75, 3.05) is 6.54 Å². The average molecular weight is 259 g/mol. The Bertz CT molecular complexity index is 629. The summed E-state index contributed by atoms with van der Waals surface area (Å²) < 4.78 is 5.64. The maximum atomic E-state index is 11.7. The number of nitrogens with two attached hydrogens (primary N) is 1. The van der Waals surface area contributed by atoms with Gasteiger partial charge in [0.2, 0.25) is 5.91 Å². The second kappa shape index (κ2) is 4.35. The molecule has 1 aliphatic rings. The van der Waals surface area contributed by atoms with Crippen LogP contribution in [0, 0.1) is 6.92 Å². The van der Waals surface area contributed by atoms with Crippen molar-refractivity contribution in [2.45, 2.75) is 31.7 Å². The summed E-state index contributed by atoms with van der Waals surface area (Å²) in [5.41, 5.74) is 7.96. The Morgan fingerprint density at radius 3 is 3.00 bits per heavy atom. The smallest absolute Gasteiger partial charge is 0.240 e. The number of nitrogens with one attached hydrogen (secondary N) is 1. The van der Waals surface area contributed by atoms with Crippen LogP contribution in [-0.2, 0) is 11.2 Å². The van der Waals surface area contributed by atoms with Gasteiger partial charge in [-0.15, -0.1) is 0 Å². The molecule has 0 radical (unpaired) electrons. The van der Waals surface area contributed by atoms with Crippen molar-refractivity contribution in [3.63, 3.8) is 0 Å². The van der Waals surface area contributed by atoms with E-state index in [-0.39, 0.29) is 5.91 Å². The molecule has 1 fully saturated rings.